The molecule has 1 aromatic carbocycles. The minimum Gasteiger partial charge on any atom is -0.371 e. The van der Waals surface area contributed by atoms with Crippen LogP contribution in [0.25, 0.3) is 6.08 Å². The number of aromatic nitrogens is 1. The van der Waals surface area contributed by atoms with Crippen LogP contribution in [0, 0.1) is 23.6 Å². The quantitative estimate of drug-likeness (QED) is 0.814. The number of nitrogens with one attached hydrogen (secondary N) is 1. The predicted octanol–water partition coefficient (Wildman–Crippen LogP) is 3.12. The number of pyridine rings is 1. The molecule has 1 aromatic heterocycles. The molecule has 1 aliphatic carbocycles. The standard InChI is InChI=1S/C21H22FN3O/c22-16-4-6-17(7-5-16)25-13-19-18(20(19)14-25)9-11-24-21(26)8-3-15-2-1-10-23-12-15/h1-8,10,12,18-20H,9,11,13-14H2,(H,24,26)/b8-3+/t18?,19-,20+. The summed E-state index contributed by atoms with van der Waals surface area (Å²) in [6, 6.07) is 10.5. The molecule has 26 heavy (non-hydrogen) atoms. The molecule has 134 valence electrons. The van der Waals surface area contributed by atoms with Gasteiger partial charge in [0.05, 0.1) is 0 Å². The molecule has 2 aromatic rings. The van der Waals surface area contributed by atoms with Crippen molar-refractivity contribution in [1.29, 1.82) is 0 Å². The van der Waals surface area contributed by atoms with E-state index in [2.05, 4.69) is 15.2 Å². The maximum Gasteiger partial charge on any atom is 0.244 e. The minimum absolute atomic E-state index is 0.0624. The molecule has 2 aliphatic rings. The number of piperidine rings is 1. The molecule has 4 nitrogen and oxygen atoms in total. The number of fused-ring (bicyclic) bond motifs is 1. The zero-order valence-corrected chi connectivity index (χ0v) is 14.5. The Balaban J connectivity index is 1.17. The summed E-state index contributed by atoms with van der Waals surface area (Å²) in [6.07, 6.45) is 7.79. The number of rotatable bonds is 6. The number of nitrogens with zero attached hydrogens (tertiary/aromatic N) is 2. The Morgan fingerprint density at radius 3 is 2.69 bits per heavy atom. The summed E-state index contributed by atoms with van der Waals surface area (Å²) < 4.78 is 13.0. The molecule has 0 spiro atoms. The van der Waals surface area contributed by atoms with Crippen LogP contribution in [-0.2, 0) is 4.79 Å². The Kier molecular flexibility index (Phi) is 4.69. The smallest absolute Gasteiger partial charge is 0.244 e. The number of amides is 1. The summed E-state index contributed by atoms with van der Waals surface area (Å²) in [5.41, 5.74) is 2.02. The fourth-order valence-corrected chi connectivity index (χ4v) is 4.01. The van der Waals surface area contributed by atoms with Crippen LogP contribution in [0.4, 0.5) is 10.1 Å². The summed E-state index contributed by atoms with van der Waals surface area (Å²) in [5, 5.41) is 2.96. The van der Waals surface area contributed by atoms with Crippen molar-refractivity contribution in [2.24, 2.45) is 17.8 Å². The van der Waals surface area contributed by atoms with Crippen LogP contribution in [-0.4, -0.2) is 30.5 Å². The Bertz CT molecular complexity index is 779. The highest BCUT2D eigenvalue weighted by Crippen LogP contribution is 2.54. The van der Waals surface area contributed by atoms with Gasteiger partial charge in [-0.15, -0.1) is 0 Å². The molecular weight excluding hydrogens is 329 g/mol. The lowest BCUT2D eigenvalue weighted by atomic mass is 10.2. The summed E-state index contributed by atoms with van der Waals surface area (Å²) >= 11 is 0. The van der Waals surface area contributed by atoms with Crippen molar-refractivity contribution < 1.29 is 9.18 Å². The topological polar surface area (TPSA) is 45.2 Å². The van der Waals surface area contributed by atoms with Gasteiger partial charge in [0, 0.05) is 43.8 Å². The Labute approximate surface area is 152 Å². The number of benzene rings is 1. The second kappa shape index (κ2) is 7.28. The zero-order valence-electron chi connectivity index (χ0n) is 14.5. The van der Waals surface area contributed by atoms with Gasteiger partial charge in [-0.2, -0.15) is 0 Å². The first-order valence-corrected chi connectivity index (χ1v) is 9.07. The molecule has 1 saturated heterocycles. The van der Waals surface area contributed by atoms with Gasteiger partial charge < -0.3 is 10.2 Å². The normalized spacial score (nSPS) is 23.9. The maximum absolute atomic E-state index is 13.0. The first kappa shape index (κ1) is 16.8. The zero-order chi connectivity index (χ0) is 17.9. The summed E-state index contributed by atoms with van der Waals surface area (Å²) in [4.78, 5) is 18.2. The molecule has 0 radical (unpaired) electrons. The monoisotopic (exact) mass is 351 g/mol. The number of hydrogen-bond donors (Lipinski definition) is 1. The van der Waals surface area contributed by atoms with E-state index < -0.39 is 0 Å². The fraction of sp³-hybridized carbons (Fsp3) is 0.333. The van der Waals surface area contributed by atoms with Crippen LogP contribution in [0.3, 0.4) is 0 Å². The number of carbonyl (C=O) groups is 1. The van der Waals surface area contributed by atoms with Crippen LogP contribution in [0.5, 0.6) is 0 Å². The van der Waals surface area contributed by atoms with Gasteiger partial charge in [0.25, 0.3) is 0 Å². The Hall–Kier alpha value is -2.69. The van der Waals surface area contributed by atoms with Crippen LogP contribution < -0.4 is 10.2 Å². The van der Waals surface area contributed by atoms with E-state index in [9.17, 15) is 9.18 Å². The number of anilines is 1. The van der Waals surface area contributed by atoms with E-state index >= 15 is 0 Å². The van der Waals surface area contributed by atoms with Gasteiger partial charge in [-0.25, -0.2) is 4.39 Å². The van der Waals surface area contributed by atoms with E-state index in [0.717, 1.165) is 30.8 Å². The second-order valence-electron chi connectivity index (χ2n) is 7.07. The molecule has 1 saturated carbocycles. The van der Waals surface area contributed by atoms with Crippen LogP contribution in [0.15, 0.2) is 54.9 Å². The van der Waals surface area contributed by atoms with Gasteiger partial charge in [0.15, 0.2) is 0 Å². The lowest BCUT2D eigenvalue weighted by Gasteiger charge is -2.22. The van der Waals surface area contributed by atoms with E-state index in [1.807, 2.05) is 24.3 Å². The van der Waals surface area contributed by atoms with Crippen LogP contribution in [0.2, 0.25) is 0 Å². The number of halogens is 1. The molecule has 3 atom stereocenters. The van der Waals surface area contributed by atoms with E-state index in [1.54, 1.807) is 24.5 Å². The van der Waals surface area contributed by atoms with Crippen molar-refractivity contribution in [2.75, 3.05) is 24.5 Å². The van der Waals surface area contributed by atoms with Crippen molar-refractivity contribution in [3.8, 4) is 0 Å². The molecule has 4 rings (SSSR count). The molecule has 1 amide bonds. The van der Waals surface area contributed by atoms with Gasteiger partial charge in [-0.1, -0.05) is 6.07 Å². The highest BCUT2D eigenvalue weighted by molar-refractivity contribution is 5.91. The SMILES string of the molecule is O=C(/C=C/c1cccnc1)NCCC1[C@H]2CN(c3ccc(F)cc3)C[C@@H]12. The van der Waals surface area contributed by atoms with Crippen molar-refractivity contribution in [2.45, 2.75) is 6.42 Å². The number of hydrogen-bond acceptors (Lipinski definition) is 3. The first-order valence-electron chi connectivity index (χ1n) is 9.07. The van der Waals surface area contributed by atoms with E-state index in [1.165, 1.54) is 12.1 Å². The Morgan fingerprint density at radius 2 is 2.00 bits per heavy atom. The predicted molar refractivity (Wildman–Crippen MR) is 100.0 cm³/mol. The van der Waals surface area contributed by atoms with E-state index in [4.69, 9.17) is 0 Å². The van der Waals surface area contributed by atoms with Crippen molar-refractivity contribution in [3.63, 3.8) is 0 Å². The van der Waals surface area contributed by atoms with Gasteiger partial charge in [-0.05, 0) is 66.1 Å². The van der Waals surface area contributed by atoms with Gasteiger partial charge >= 0.3 is 0 Å². The lowest BCUT2D eigenvalue weighted by Crippen LogP contribution is -2.26. The molecule has 1 unspecified atom stereocenters. The average Bonchev–Trinajstić information content (AvgIpc) is 3.11. The molecule has 0 bridgehead atoms. The third-order valence-corrected chi connectivity index (χ3v) is 5.45. The van der Waals surface area contributed by atoms with Crippen molar-refractivity contribution in [3.05, 3.63) is 66.2 Å². The Morgan fingerprint density at radius 1 is 1.23 bits per heavy atom. The first-order chi connectivity index (χ1) is 12.7. The van der Waals surface area contributed by atoms with Gasteiger partial charge in [0.2, 0.25) is 5.91 Å². The summed E-state index contributed by atoms with van der Waals surface area (Å²) in [5.74, 6) is 1.87. The van der Waals surface area contributed by atoms with Gasteiger partial charge in [0.1, 0.15) is 5.82 Å². The molecule has 5 heteroatoms. The highest BCUT2D eigenvalue weighted by atomic mass is 19.1. The summed E-state index contributed by atoms with van der Waals surface area (Å²) in [7, 11) is 0. The summed E-state index contributed by atoms with van der Waals surface area (Å²) in [6.45, 7) is 2.79. The van der Waals surface area contributed by atoms with Crippen LogP contribution >= 0.6 is 0 Å². The average molecular weight is 351 g/mol. The maximum atomic E-state index is 13.0. The van der Waals surface area contributed by atoms with Gasteiger partial charge in [-0.3, -0.25) is 9.78 Å². The highest BCUT2D eigenvalue weighted by Gasteiger charge is 2.54. The van der Waals surface area contributed by atoms with Crippen molar-refractivity contribution >= 4 is 17.7 Å². The fourth-order valence-electron chi connectivity index (χ4n) is 4.01. The molecular formula is C21H22FN3O. The number of carbonyl (C=O) groups excluding carboxylic acids is 1. The second-order valence-corrected chi connectivity index (χ2v) is 7.07. The molecule has 2 heterocycles. The molecule has 2 fully saturated rings. The third-order valence-electron chi connectivity index (χ3n) is 5.45. The molecule has 1 N–H and O–H groups in total. The lowest BCUT2D eigenvalue weighted by molar-refractivity contribution is -0.116. The largest absolute Gasteiger partial charge is 0.371 e. The molecule has 1 aliphatic heterocycles. The van der Waals surface area contributed by atoms with E-state index in [0.29, 0.717) is 24.3 Å². The minimum atomic E-state index is -0.190. The van der Waals surface area contributed by atoms with Crippen molar-refractivity contribution in [1.82, 2.24) is 10.3 Å². The van der Waals surface area contributed by atoms with Crippen LogP contribution in [0.1, 0.15) is 12.0 Å². The van der Waals surface area contributed by atoms with E-state index in [-0.39, 0.29) is 11.7 Å². The third kappa shape index (κ3) is 3.77.